The van der Waals surface area contributed by atoms with E-state index >= 15 is 0 Å². The molecule has 1 fully saturated rings. The maximum Gasteiger partial charge on any atom is 0.256 e. The van der Waals surface area contributed by atoms with E-state index in [0.29, 0.717) is 37.3 Å². The van der Waals surface area contributed by atoms with Crippen LogP contribution in [0.1, 0.15) is 47.3 Å². The second kappa shape index (κ2) is 9.09. The third-order valence-corrected chi connectivity index (χ3v) is 6.63. The fourth-order valence-corrected chi connectivity index (χ4v) is 4.90. The molecule has 0 aromatic carbocycles. The Kier molecular flexibility index (Phi) is 6.29. The molecule has 1 saturated heterocycles. The Morgan fingerprint density at radius 2 is 2.17 bits per heavy atom. The topological polar surface area (TPSA) is 95.6 Å². The van der Waals surface area contributed by atoms with Crippen LogP contribution in [0, 0.1) is 0 Å². The molecule has 2 aliphatic heterocycles. The van der Waals surface area contributed by atoms with Crippen LogP contribution in [0.2, 0.25) is 0 Å². The van der Waals surface area contributed by atoms with Crippen molar-refractivity contribution in [3.8, 4) is 0 Å². The molecule has 2 aromatic rings. The summed E-state index contributed by atoms with van der Waals surface area (Å²) in [7, 11) is 1.48. The molecule has 2 amide bonds. The van der Waals surface area contributed by atoms with Gasteiger partial charge in [0.15, 0.2) is 0 Å². The standard InChI is InChI=1S/C21H26N4O4S/c1-29-13-19(27)24-9-7-16-15(12-24)21(28)23-20(22-16)17-6-2-3-8-25(17)18(26)11-14-5-4-10-30-14/h4-5,10,17H,2-3,6-9,11-13H2,1H3,(H,22,23,28)/t17-/m1/s1. The lowest BCUT2D eigenvalue weighted by atomic mass is 9.99. The molecule has 160 valence electrons. The highest BCUT2D eigenvalue weighted by atomic mass is 32.1. The first kappa shape index (κ1) is 20.7. The van der Waals surface area contributed by atoms with Crippen LogP contribution in [0.3, 0.4) is 0 Å². The van der Waals surface area contributed by atoms with E-state index in [2.05, 4.69) is 4.98 Å². The molecular weight excluding hydrogens is 404 g/mol. The van der Waals surface area contributed by atoms with Gasteiger partial charge in [-0.15, -0.1) is 11.3 Å². The van der Waals surface area contributed by atoms with Crippen LogP contribution in [0.25, 0.3) is 0 Å². The van der Waals surface area contributed by atoms with Crippen LogP contribution in [0.15, 0.2) is 22.3 Å². The van der Waals surface area contributed by atoms with Crippen LogP contribution in [0.4, 0.5) is 0 Å². The average molecular weight is 431 g/mol. The molecule has 30 heavy (non-hydrogen) atoms. The van der Waals surface area contributed by atoms with Gasteiger partial charge in [0.1, 0.15) is 12.4 Å². The quantitative estimate of drug-likeness (QED) is 0.778. The maximum atomic E-state index is 13.0. The Morgan fingerprint density at radius 1 is 1.30 bits per heavy atom. The number of carbonyl (C=O) groups is 2. The van der Waals surface area contributed by atoms with E-state index < -0.39 is 0 Å². The average Bonchev–Trinajstić information content (AvgIpc) is 3.26. The Morgan fingerprint density at radius 3 is 2.93 bits per heavy atom. The Balaban J connectivity index is 1.56. The van der Waals surface area contributed by atoms with Crippen LogP contribution in [-0.2, 0) is 33.7 Å². The van der Waals surface area contributed by atoms with Crippen molar-refractivity contribution >= 4 is 23.2 Å². The third kappa shape index (κ3) is 4.32. The summed E-state index contributed by atoms with van der Waals surface area (Å²) in [5.41, 5.74) is 1.04. The van der Waals surface area contributed by atoms with Crippen molar-refractivity contribution in [1.29, 1.82) is 0 Å². The zero-order chi connectivity index (χ0) is 21.1. The number of rotatable bonds is 5. The highest BCUT2D eigenvalue weighted by Crippen LogP contribution is 2.30. The summed E-state index contributed by atoms with van der Waals surface area (Å²) in [4.78, 5) is 50.1. The second-order valence-corrected chi connectivity index (χ2v) is 8.76. The van der Waals surface area contributed by atoms with Gasteiger partial charge in [-0.2, -0.15) is 0 Å². The smallest absolute Gasteiger partial charge is 0.256 e. The lowest BCUT2D eigenvalue weighted by molar-refractivity contribution is -0.136. The number of piperidine rings is 1. The predicted molar refractivity (Wildman–Crippen MR) is 112 cm³/mol. The van der Waals surface area contributed by atoms with Gasteiger partial charge < -0.3 is 19.5 Å². The number of methoxy groups -OCH3 is 1. The van der Waals surface area contributed by atoms with Gasteiger partial charge in [0.05, 0.1) is 30.3 Å². The Hall–Kier alpha value is -2.52. The van der Waals surface area contributed by atoms with Gasteiger partial charge in [-0.25, -0.2) is 4.98 Å². The summed E-state index contributed by atoms with van der Waals surface area (Å²) in [6.45, 7) is 1.43. The predicted octanol–water partition coefficient (Wildman–Crippen LogP) is 1.66. The first-order chi connectivity index (χ1) is 14.6. The van der Waals surface area contributed by atoms with Crippen molar-refractivity contribution in [3.63, 3.8) is 0 Å². The van der Waals surface area contributed by atoms with Crippen LogP contribution in [0.5, 0.6) is 0 Å². The summed E-state index contributed by atoms with van der Waals surface area (Å²) < 4.78 is 4.92. The monoisotopic (exact) mass is 430 g/mol. The number of hydrogen-bond acceptors (Lipinski definition) is 6. The normalized spacial score (nSPS) is 18.9. The number of thiophene rings is 1. The molecule has 4 rings (SSSR count). The number of amides is 2. The lowest BCUT2D eigenvalue weighted by Gasteiger charge is -2.36. The van der Waals surface area contributed by atoms with E-state index in [-0.39, 0.29) is 36.6 Å². The zero-order valence-corrected chi connectivity index (χ0v) is 17.9. The number of carbonyl (C=O) groups excluding carboxylic acids is 2. The van der Waals surface area contributed by atoms with Gasteiger partial charge in [-0.1, -0.05) is 6.07 Å². The van der Waals surface area contributed by atoms with Crippen molar-refractivity contribution < 1.29 is 14.3 Å². The molecule has 9 heteroatoms. The molecule has 1 atom stereocenters. The molecule has 4 heterocycles. The molecular formula is C21H26N4O4S. The highest BCUT2D eigenvalue weighted by molar-refractivity contribution is 7.10. The number of aromatic amines is 1. The number of hydrogen-bond donors (Lipinski definition) is 1. The van der Waals surface area contributed by atoms with Crippen molar-refractivity contribution in [2.24, 2.45) is 0 Å². The number of ether oxygens (including phenoxy) is 1. The number of H-pyrrole nitrogens is 1. The van der Waals surface area contributed by atoms with E-state index in [1.54, 1.807) is 16.2 Å². The van der Waals surface area contributed by atoms with Crippen LogP contribution < -0.4 is 5.56 Å². The summed E-state index contributed by atoms with van der Waals surface area (Å²) in [5.74, 6) is 0.498. The molecule has 8 nitrogen and oxygen atoms in total. The number of nitrogens with zero attached hydrogens (tertiary/aromatic N) is 3. The molecule has 0 unspecified atom stereocenters. The minimum absolute atomic E-state index is 0.00212. The minimum atomic E-state index is -0.221. The zero-order valence-electron chi connectivity index (χ0n) is 17.1. The van der Waals surface area contributed by atoms with Gasteiger partial charge >= 0.3 is 0 Å². The number of likely N-dealkylation sites (tertiary alicyclic amines) is 1. The Bertz CT molecular complexity index is 972. The largest absolute Gasteiger partial charge is 0.375 e. The molecule has 0 saturated carbocycles. The molecule has 0 radical (unpaired) electrons. The van der Waals surface area contributed by atoms with Gasteiger partial charge in [-0.3, -0.25) is 14.4 Å². The van der Waals surface area contributed by atoms with Crippen LogP contribution in [-0.4, -0.2) is 58.4 Å². The third-order valence-electron chi connectivity index (χ3n) is 5.75. The summed E-state index contributed by atoms with van der Waals surface area (Å²) in [6.07, 6.45) is 3.64. The number of aromatic nitrogens is 2. The fourth-order valence-electron chi connectivity index (χ4n) is 4.21. The van der Waals surface area contributed by atoms with Gasteiger partial charge in [0.25, 0.3) is 5.56 Å². The molecule has 1 N–H and O–H groups in total. The molecule has 2 aromatic heterocycles. The van der Waals surface area contributed by atoms with Crippen molar-refractivity contribution in [2.75, 3.05) is 26.8 Å². The van der Waals surface area contributed by atoms with E-state index in [1.807, 2.05) is 22.4 Å². The first-order valence-corrected chi connectivity index (χ1v) is 11.2. The van der Waals surface area contributed by atoms with E-state index in [4.69, 9.17) is 9.72 Å². The maximum absolute atomic E-state index is 13.0. The minimum Gasteiger partial charge on any atom is -0.375 e. The van der Waals surface area contributed by atoms with Crippen LogP contribution >= 0.6 is 11.3 Å². The first-order valence-electron chi connectivity index (χ1n) is 10.3. The summed E-state index contributed by atoms with van der Waals surface area (Å²) in [6, 6.07) is 3.71. The Labute approximate surface area is 178 Å². The molecule has 0 spiro atoms. The summed E-state index contributed by atoms with van der Waals surface area (Å²) in [5, 5.41) is 1.97. The van der Waals surface area contributed by atoms with E-state index in [0.717, 1.165) is 29.8 Å². The summed E-state index contributed by atoms with van der Waals surface area (Å²) >= 11 is 1.58. The van der Waals surface area contributed by atoms with Crippen molar-refractivity contribution in [2.45, 2.75) is 44.7 Å². The number of nitrogens with one attached hydrogen (secondary N) is 1. The molecule has 2 aliphatic rings. The van der Waals surface area contributed by atoms with Crippen molar-refractivity contribution in [1.82, 2.24) is 19.8 Å². The van der Waals surface area contributed by atoms with E-state index in [9.17, 15) is 14.4 Å². The SMILES string of the molecule is COCC(=O)N1CCc2nc([C@H]3CCCCN3C(=O)Cc3cccs3)[nH]c(=O)c2C1. The molecule has 0 bridgehead atoms. The molecule has 0 aliphatic carbocycles. The van der Waals surface area contributed by atoms with Gasteiger partial charge in [0, 0.05) is 31.5 Å². The second-order valence-electron chi connectivity index (χ2n) is 7.73. The number of fused-ring (bicyclic) bond motifs is 1. The lowest BCUT2D eigenvalue weighted by Crippen LogP contribution is -2.43. The van der Waals surface area contributed by atoms with Gasteiger partial charge in [0.2, 0.25) is 11.8 Å². The highest BCUT2D eigenvalue weighted by Gasteiger charge is 2.32. The van der Waals surface area contributed by atoms with E-state index in [1.165, 1.54) is 7.11 Å². The van der Waals surface area contributed by atoms with Gasteiger partial charge in [-0.05, 0) is 30.7 Å². The van der Waals surface area contributed by atoms with Crippen molar-refractivity contribution in [3.05, 3.63) is 49.8 Å². The fraction of sp³-hybridized carbons (Fsp3) is 0.524.